The van der Waals surface area contributed by atoms with Gasteiger partial charge in [0.25, 0.3) is 0 Å². The highest BCUT2D eigenvalue weighted by molar-refractivity contribution is 7.46. The molecule has 2 fully saturated rings. The average Bonchev–Trinajstić information content (AvgIpc) is 2.70. The molecule has 2 aliphatic rings. The van der Waals surface area contributed by atoms with E-state index in [1.807, 2.05) is 0 Å². The molecule has 0 aromatic carbocycles. The smallest absolute Gasteiger partial charge is 0.394 e. The molecule has 0 aliphatic carbocycles. The number of amides is 2. The summed E-state index contributed by atoms with van der Waals surface area (Å²) in [7, 11) is -5.37. The van der Waals surface area contributed by atoms with Gasteiger partial charge in [-0.25, -0.2) is 9.36 Å². The molecule has 2 saturated heterocycles. The third-order valence-corrected chi connectivity index (χ3v) is 5.36. The van der Waals surface area contributed by atoms with Crippen molar-refractivity contribution >= 4 is 25.6 Å². The lowest BCUT2D eigenvalue weighted by atomic mass is 9.94. The zero-order chi connectivity index (χ0) is 26.0. The van der Waals surface area contributed by atoms with E-state index in [1.165, 1.54) is 0 Å². The lowest BCUT2D eigenvalue weighted by molar-refractivity contribution is -0.323. The van der Waals surface area contributed by atoms with E-state index in [0.29, 0.717) is 0 Å². The normalized spacial score (nSPS) is 38.6. The highest BCUT2D eigenvalue weighted by Gasteiger charge is 2.53. The SMILES string of the molecule is CC(=O)N[C@@H]1[C@H](O[C@H]2[C@H](O)[C@@H](NC(C)=O)C(O)O[C@@H]2CO)O[C@H](C(=O)OP(=O)(O)O)[C@@H](O)[C@@H]1O. The monoisotopic (exact) mass is 518 g/mol. The average molecular weight is 518 g/mol. The highest BCUT2D eigenvalue weighted by atomic mass is 31.2. The van der Waals surface area contributed by atoms with Crippen LogP contribution >= 0.6 is 7.82 Å². The van der Waals surface area contributed by atoms with Crippen LogP contribution < -0.4 is 10.6 Å². The van der Waals surface area contributed by atoms with Gasteiger partial charge in [-0.05, 0) is 0 Å². The van der Waals surface area contributed by atoms with E-state index in [9.17, 15) is 44.5 Å². The van der Waals surface area contributed by atoms with E-state index >= 15 is 0 Å². The lowest BCUT2D eigenvalue weighted by Crippen LogP contribution is -2.69. The summed E-state index contributed by atoms with van der Waals surface area (Å²) >= 11 is 0. The second-order valence-corrected chi connectivity index (χ2v) is 8.76. The van der Waals surface area contributed by atoms with Crippen LogP contribution in [-0.4, -0.2) is 121 Å². The van der Waals surface area contributed by atoms with Gasteiger partial charge in [0.05, 0.1) is 6.61 Å². The molecule has 2 aliphatic heterocycles. The van der Waals surface area contributed by atoms with E-state index in [4.69, 9.17) is 24.0 Å². The Hall–Kier alpha value is -1.76. The summed E-state index contributed by atoms with van der Waals surface area (Å²) in [6.45, 7) is 1.28. The van der Waals surface area contributed by atoms with Crippen molar-refractivity contribution in [3.63, 3.8) is 0 Å². The first kappa shape index (κ1) is 28.5. The Bertz CT molecular complexity index is 807. The van der Waals surface area contributed by atoms with Gasteiger partial charge in [-0.15, -0.1) is 0 Å². The number of nitrogens with one attached hydrogen (secondary N) is 2. The highest BCUT2D eigenvalue weighted by Crippen LogP contribution is 2.38. The number of rotatable bonds is 7. The number of aliphatic hydroxyl groups is 5. The molecule has 0 saturated carbocycles. The minimum absolute atomic E-state index is 0.670. The number of hydrogen-bond donors (Lipinski definition) is 9. The first-order chi connectivity index (χ1) is 15.7. The third kappa shape index (κ3) is 6.89. The molecule has 0 aromatic rings. The second-order valence-electron chi connectivity index (χ2n) is 7.60. The van der Waals surface area contributed by atoms with Crippen LogP contribution in [0.25, 0.3) is 0 Å². The summed E-state index contributed by atoms with van der Waals surface area (Å²) in [6, 6.07) is -3.07. The summed E-state index contributed by atoms with van der Waals surface area (Å²) in [5.74, 6) is -3.20. The molecule has 0 aromatic heterocycles. The summed E-state index contributed by atoms with van der Waals surface area (Å²) in [5.41, 5.74) is 0. The van der Waals surface area contributed by atoms with Crippen LogP contribution in [0.2, 0.25) is 0 Å². The summed E-state index contributed by atoms with van der Waals surface area (Å²) in [5, 5.41) is 55.3. The van der Waals surface area contributed by atoms with Crippen molar-refractivity contribution in [1.82, 2.24) is 10.6 Å². The minimum Gasteiger partial charge on any atom is -0.394 e. The molecular weight excluding hydrogens is 491 g/mol. The molecule has 2 rings (SSSR count). The lowest BCUT2D eigenvalue weighted by Gasteiger charge is -2.47. The molecule has 2 amide bonds. The summed E-state index contributed by atoms with van der Waals surface area (Å²) < 4.78 is 30.8. The number of aliphatic hydroxyl groups excluding tert-OH is 5. The first-order valence-corrected chi connectivity index (χ1v) is 11.3. The Balaban J connectivity index is 2.35. The van der Waals surface area contributed by atoms with Gasteiger partial charge in [-0.2, -0.15) is 0 Å². The predicted molar refractivity (Wildman–Crippen MR) is 103 cm³/mol. The number of hydrogen-bond acceptors (Lipinski definition) is 13. The number of carbonyl (C=O) groups excluding carboxylic acids is 3. The van der Waals surface area contributed by atoms with Crippen molar-refractivity contribution in [2.75, 3.05) is 6.61 Å². The molecule has 18 heteroatoms. The predicted octanol–water partition coefficient (Wildman–Crippen LogP) is -5.47. The van der Waals surface area contributed by atoms with Gasteiger partial charge >= 0.3 is 13.8 Å². The van der Waals surface area contributed by atoms with Gasteiger partial charge in [0.1, 0.15) is 42.6 Å². The van der Waals surface area contributed by atoms with Gasteiger partial charge in [0.15, 0.2) is 18.7 Å². The van der Waals surface area contributed by atoms with E-state index in [0.717, 1.165) is 13.8 Å². The van der Waals surface area contributed by atoms with Crippen molar-refractivity contribution in [3.8, 4) is 0 Å². The molecule has 0 radical (unpaired) electrons. The van der Waals surface area contributed by atoms with E-state index in [2.05, 4.69) is 15.2 Å². The fourth-order valence-corrected chi connectivity index (χ4v) is 3.86. The Morgan fingerprint density at radius 1 is 0.912 bits per heavy atom. The zero-order valence-corrected chi connectivity index (χ0v) is 18.7. The number of phosphoric acid groups is 1. The van der Waals surface area contributed by atoms with Crippen molar-refractivity contribution in [1.29, 1.82) is 0 Å². The molecule has 0 bridgehead atoms. The van der Waals surface area contributed by atoms with Crippen LogP contribution in [0.4, 0.5) is 0 Å². The van der Waals surface area contributed by atoms with Gasteiger partial charge in [-0.3, -0.25) is 19.4 Å². The van der Waals surface area contributed by atoms with Crippen LogP contribution in [0.1, 0.15) is 13.8 Å². The topological polar surface area (TPSA) is 271 Å². The van der Waals surface area contributed by atoms with Gasteiger partial charge in [0, 0.05) is 13.8 Å². The molecule has 10 atom stereocenters. The summed E-state index contributed by atoms with van der Waals surface area (Å²) in [6.07, 6.45) is -14.9. The Labute approximate surface area is 191 Å². The third-order valence-electron chi connectivity index (χ3n) is 4.95. The molecular formula is C16H27N2O15P. The number of phosphoric ester groups is 1. The maximum Gasteiger partial charge on any atom is 0.527 e. The van der Waals surface area contributed by atoms with Crippen LogP contribution in [0.15, 0.2) is 0 Å². The van der Waals surface area contributed by atoms with Crippen LogP contribution in [0.3, 0.4) is 0 Å². The summed E-state index contributed by atoms with van der Waals surface area (Å²) in [4.78, 5) is 52.8. The molecule has 0 spiro atoms. The molecule has 1 unspecified atom stereocenters. The molecule has 196 valence electrons. The maximum absolute atomic E-state index is 12.1. The number of carbonyl (C=O) groups is 3. The van der Waals surface area contributed by atoms with Crippen molar-refractivity contribution < 1.29 is 73.0 Å². The van der Waals surface area contributed by atoms with Crippen molar-refractivity contribution in [2.24, 2.45) is 0 Å². The maximum atomic E-state index is 12.1. The van der Waals surface area contributed by atoms with E-state index in [-0.39, 0.29) is 0 Å². The molecule has 2 heterocycles. The van der Waals surface area contributed by atoms with Gasteiger partial charge in [-0.1, -0.05) is 0 Å². The second kappa shape index (κ2) is 11.3. The van der Waals surface area contributed by atoms with Crippen LogP contribution in [0.5, 0.6) is 0 Å². The van der Waals surface area contributed by atoms with Gasteiger partial charge < -0.3 is 54.9 Å². The Kier molecular flexibility index (Phi) is 9.48. The first-order valence-electron chi connectivity index (χ1n) is 9.79. The quantitative estimate of drug-likeness (QED) is 0.142. The Morgan fingerprint density at radius 2 is 1.47 bits per heavy atom. The number of ether oxygens (including phenoxy) is 3. The zero-order valence-electron chi connectivity index (χ0n) is 17.8. The standard InChI is InChI=1S/C16H27N2O15P/c1-4(20)17-7-10(23)12(6(3-19)30-14(7)25)31-16-8(18-5(2)21)9(22)11(24)13(32-16)15(26)33-34(27,28)29/h6-14,16,19,22-25H,3H2,1-2H3,(H,17,20)(H,18,21)(H2,27,28,29)/t6-,7-,8+,9-,10-,11+,12-,13+,14?,16-/m1/s1. The molecule has 9 N–H and O–H groups in total. The fraction of sp³-hybridized carbons (Fsp3) is 0.812. The van der Waals surface area contributed by atoms with E-state index < -0.39 is 93.5 Å². The molecule has 17 nitrogen and oxygen atoms in total. The van der Waals surface area contributed by atoms with Gasteiger partial charge in [0.2, 0.25) is 11.8 Å². The van der Waals surface area contributed by atoms with E-state index in [1.54, 1.807) is 0 Å². The fourth-order valence-electron chi connectivity index (χ4n) is 3.53. The minimum atomic E-state index is -5.37. The molecule has 34 heavy (non-hydrogen) atoms. The van der Waals surface area contributed by atoms with Crippen molar-refractivity contribution in [3.05, 3.63) is 0 Å². The largest absolute Gasteiger partial charge is 0.527 e. The van der Waals surface area contributed by atoms with Crippen LogP contribution in [0, 0.1) is 0 Å². The van der Waals surface area contributed by atoms with Crippen molar-refractivity contribution in [2.45, 2.75) is 75.1 Å². The Morgan fingerprint density at radius 3 is 1.97 bits per heavy atom. The van der Waals surface area contributed by atoms with Crippen LogP contribution in [-0.2, 0) is 37.7 Å².